The van der Waals surface area contributed by atoms with E-state index in [4.69, 9.17) is 5.11 Å². The highest BCUT2D eigenvalue weighted by molar-refractivity contribution is 7.09. The Morgan fingerprint density at radius 2 is 1.86 bits per heavy atom. The van der Waals surface area contributed by atoms with Crippen molar-refractivity contribution in [3.8, 4) is 22.4 Å². The summed E-state index contributed by atoms with van der Waals surface area (Å²) in [7, 11) is 0. The number of rotatable bonds is 3. The van der Waals surface area contributed by atoms with E-state index in [1.165, 1.54) is 12.1 Å². The molecule has 0 radical (unpaired) electrons. The van der Waals surface area contributed by atoms with E-state index in [1.54, 1.807) is 17.4 Å². The number of carboxylic acid groups (broad SMARTS) is 1. The smallest absolute Gasteiger partial charge is 0.338 e. The highest BCUT2D eigenvalue weighted by Crippen LogP contribution is 2.28. The fourth-order valence-electron chi connectivity index (χ4n) is 2.22. The third kappa shape index (κ3) is 2.76. The number of aromatic nitrogens is 1. The van der Waals surface area contributed by atoms with Crippen molar-refractivity contribution in [3.05, 3.63) is 64.2 Å². The summed E-state index contributed by atoms with van der Waals surface area (Å²) in [6.07, 6.45) is 0. The molecule has 0 atom stereocenters. The molecule has 3 aromatic rings. The van der Waals surface area contributed by atoms with Crippen molar-refractivity contribution < 1.29 is 14.3 Å². The third-order valence-electron chi connectivity index (χ3n) is 3.31. The molecule has 0 unspecified atom stereocenters. The number of hydrogen-bond donors (Lipinski definition) is 1. The molecule has 2 aromatic carbocycles. The van der Waals surface area contributed by atoms with Gasteiger partial charge in [-0.25, -0.2) is 14.2 Å². The second-order valence-corrected chi connectivity index (χ2v) is 5.89. The van der Waals surface area contributed by atoms with Crippen molar-refractivity contribution in [2.24, 2.45) is 0 Å². The minimum absolute atomic E-state index is 0.326. The van der Waals surface area contributed by atoms with Crippen LogP contribution in [0.5, 0.6) is 0 Å². The monoisotopic (exact) mass is 313 g/mol. The van der Waals surface area contributed by atoms with Crippen molar-refractivity contribution in [3.63, 3.8) is 0 Å². The number of benzene rings is 2. The van der Waals surface area contributed by atoms with Crippen molar-refractivity contribution in [2.75, 3.05) is 0 Å². The van der Waals surface area contributed by atoms with E-state index in [0.29, 0.717) is 5.56 Å². The minimum Gasteiger partial charge on any atom is -0.478 e. The number of hydrogen-bond acceptors (Lipinski definition) is 3. The zero-order valence-corrected chi connectivity index (χ0v) is 12.5. The maximum absolute atomic E-state index is 13.5. The lowest BCUT2D eigenvalue weighted by Crippen LogP contribution is -2.00. The van der Waals surface area contributed by atoms with E-state index in [0.717, 1.165) is 21.8 Å². The molecule has 3 rings (SSSR count). The molecule has 1 heterocycles. The Morgan fingerprint density at radius 1 is 1.14 bits per heavy atom. The lowest BCUT2D eigenvalue weighted by Gasteiger charge is -2.06. The Hall–Kier alpha value is -2.53. The van der Waals surface area contributed by atoms with Crippen LogP contribution in [0, 0.1) is 12.7 Å². The highest BCUT2D eigenvalue weighted by Gasteiger charge is 2.12. The van der Waals surface area contributed by atoms with Crippen LogP contribution >= 0.6 is 11.3 Å². The summed E-state index contributed by atoms with van der Waals surface area (Å²) < 4.78 is 13.5. The van der Waals surface area contributed by atoms with Crippen LogP contribution < -0.4 is 0 Å². The summed E-state index contributed by atoms with van der Waals surface area (Å²) >= 11 is 1.57. The van der Waals surface area contributed by atoms with E-state index in [2.05, 4.69) is 4.98 Å². The first-order valence-corrected chi connectivity index (χ1v) is 7.48. The molecule has 0 aliphatic carbocycles. The molecule has 0 fully saturated rings. The van der Waals surface area contributed by atoms with Crippen LogP contribution in [0.25, 0.3) is 22.4 Å². The summed E-state index contributed by atoms with van der Waals surface area (Å²) in [6.45, 7) is 1.94. The Bertz CT molecular complexity index is 857. The zero-order chi connectivity index (χ0) is 15.7. The molecular weight excluding hydrogens is 301 g/mol. The minimum atomic E-state index is -1.27. The van der Waals surface area contributed by atoms with Crippen molar-refractivity contribution in [1.82, 2.24) is 4.98 Å². The van der Waals surface area contributed by atoms with Gasteiger partial charge in [-0.2, -0.15) is 0 Å². The molecule has 0 aliphatic rings. The van der Waals surface area contributed by atoms with Crippen LogP contribution in [0.4, 0.5) is 4.39 Å². The van der Waals surface area contributed by atoms with Gasteiger partial charge in [-0.05, 0) is 36.2 Å². The second-order valence-electron chi connectivity index (χ2n) is 4.83. The van der Waals surface area contributed by atoms with Gasteiger partial charge < -0.3 is 5.11 Å². The van der Waals surface area contributed by atoms with Gasteiger partial charge in [0.05, 0.1) is 16.3 Å². The van der Waals surface area contributed by atoms with Crippen LogP contribution in [0.1, 0.15) is 15.4 Å². The fraction of sp³-hybridized carbons (Fsp3) is 0.0588. The van der Waals surface area contributed by atoms with Gasteiger partial charge in [-0.1, -0.05) is 24.3 Å². The third-order valence-corrected chi connectivity index (χ3v) is 4.08. The Balaban J connectivity index is 2.06. The van der Waals surface area contributed by atoms with E-state index in [-0.39, 0.29) is 5.56 Å². The van der Waals surface area contributed by atoms with E-state index < -0.39 is 11.8 Å². The molecular formula is C17H12FNO2S. The highest BCUT2D eigenvalue weighted by atomic mass is 32.1. The topological polar surface area (TPSA) is 50.2 Å². The van der Waals surface area contributed by atoms with Gasteiger partial charge in [-0.3, -0.25) is 0 Å². The summed E-state index contributed by atoms with van der Waals surface area (Å²) in [6, 6.07) is 11.7. The molecule has 1 N–H and O–H groups in total. The number of carboxylic acids is 1. The first-order valence-electron chi connectivity index (χ1n) is 6.60. The number of aromatic carboxylic acids is 1. The van der Waals surface area contributed by atoms with E-state index in [1.807, 2.05) is 36.6 Å². The molecule has 22 heavy (non-hydrogen) atoms. The number of halogens is 1. The Kier molecular flexibility index (Phi) is 3.73. The van der Waals surface area contributed by atoms with Crippen LogP contribution in [0.15, 0.2) is 47.8 Å². The molecule has 0 amide bonds. The van der Waals surface area contributed by atoms with Crippen molar-refractivity contribution in [1.29, 1.82) is 0 Å². The molecule has 1 aromatic heterocycles. The van der Waals surface area contributed by atoms with Gasteiger partial charge in [0, 0.05) is 10.9 Å². The molecule has 0 saturated heterocycles. The molecule has 0 saturated carbocycles. The van der Waals surface area contributed by atoms with Crippen LogP contribution in [-0.2, 0) is 0 Å². The summed E-state index contributed by atoms with van der Waals surface area (Å²) in [5.74, 6) is -2.01. The largest absolute Gasteiger partial charge is 0.478 e. The van der Waals surface area contributed by atoms with Gasteiger partial charge in [0.2, 0.25) is 0 Å². The van der Waals surface area contributed by atoms with Crippen LogP contribution in [0.2, 0.25) is 0 Å². The number of carbonyl (C=O) groups is 1. The van der Waals surface area contributed by atoms with Gasteiger partial charge in [0.1, 0.15) is 5.82 Å². The number of aryl methyl sites for hydroxylation is 1. The zero-order valence-electron chi connectivity index (χ0n) is 11.7. The number of nitrogens with zero attached hydrogens (tertiary/aromatic N) is 1. The SMILES string of the molecule is Cc1nc(-c2cccc(-c3ccc(F)c(C(=O)O)c3)c2)cs1. The summed E-state index contributed by atoms with van der Waals surface area (Å²) in [5.41, 5.74) is 2.98. The molecule has 0 aliphatic heterocycles. The molecule has 3 nitrogen and oxygen atoms in total. The molecule has 110 valence electrons. The van der Waals surface area contributed by atoms with Gasteiger partial charge >= 0.3 is 5.97 Å². The fourth-order valence-corrected chi connectivity index (χ4v) is 2.84. The average molecular weight is 313 g/mol. The van der Waals surface area contributed by atoms with Crippen molar-refractivity contribution >= 4 is 17.3 Å². The van der Waals surface area contributed by atoms with Gasteiger partial charge in [-0.15, -0.1) is 11.3 Å². The molecule has 5 heteroatoms. The summed E-state index contributed by atoms with van der Waals surface area (Å²) in [4.78, 5) is 15.5. The quantitative estimate of drug-likeness (QED) is 0.767. The maximum atomic E-state index is 13.5. The average Bonchev–Trinajstić information content (AvgIpc) is 2.94. The van der Waals surface area contributed by atoms with Crippen LogP contribution in [-0.4, -0.2) is 16.1 Å². The second kappa shape index (κ2) is 5.69. The molecule has 0 bridgehead atoms. The first-order chi connectivity index (χ1) is 10.5. The van der Waals surface area contributed by atoms with Crippen LogP contribution in [0.3, 0.4) is 0 Å². The summed E-state index contributed by atoms with van der Waals surface area (Å²) in [5, 5.41) is 12.0. The lowest BCUT2D eigenvalue weighted by molar-refractivity contribution is 0.0692. The number of thiazole rings is 1. The molecule has 0 spiro atoms. The normalized spacial score (nSPS) is 10.6. The maximum Gasteiger partial charge on any atom is 0.338 e. The van der Waals surface area contributed by atoms with Gasteiger partial charge in [0.15, 0.2) is 0 Å². The van der Waals surface area contributed by atoms with E-state index >= 15 is 0 Å². The van der Waals surface area contributed by atoms with Gasteiger partial charge in [0.25, 0.3) is 0 Å². The van der Waals surface area contributed by atoms with Crippen molar-refractivity contribution in [2.45, 2.75) is 6.92 Å². The first kappa shape index (κ1) is 14.4. The Labute approximate surface area is 130 Å². The standard InChI is InChI=1S/C17H12FNO2S/c1-10-19-16(9-22-10)13-4-2-3-11(7-13)12-5-6-15(18)14(8-12)17(20)21/h2-9H,1H3,(H,20,21). The lowest BCUT2D eigenvalue weighted by atomic mass is 10.00. The van der Waals surface area contributed by atoms with E-state index in [9.17, 15) is 9.18 Å². The Morgan fingerprint density at radius 3 is 2.55 bits per heavy atom. The predicted molar refractivity (Wildman–Crippen MR) is 84.6 cm³/mol. The predicted octanol–water partition coefficient (Wildman–Crippen LogP) is 4.62.